The average Bonchev–Trinajstić information content (AvgIpc) is 1.88. The highest BCUT2D eigenvalue weighted by atomic mass is 79.9. The molecule has 0 saturated carbocycles. The molecule has 0 spiro atoms. The Hall–Kier alpha value is -0.630. The van der Waals surface area contributed by atoms with Gasteiger partial charge in [-0.05, 0) is 17.7 Å². The van der Waals surface area contributed by atoms with Crippen LogP contribution < -0.4 is 0 Å². The van der Waals surface area contributed by atoms with Crippen molar-refractivity contribution in [3.63, 3.8) is 0 Å². The third-order valence-electron chi connectivity index (χ3n) is 1.15. The number of rotatable bonds is 2. The van der Waals surface area contributed by atoms with E-state index in [0.717, 1.165) is 16.3 Å². The highest BCUT2D eigenvalue weighted by Gasteiger charge is 1.90. The summed E-state index contributed by atoms with van der Waals surface area (Å²) >= 11 is 3.26. The van der Waals surface area contributed by atoms with Gasteiger partial charge in [0.15, 0.2) is 0 Å². The molecule has 0 heterocycles. The van der Waals surface area contributed by atoms with E-state index in [9.17, 15) is 4.79 Å². The Balaban J connectivity index is 2.84. The molecule has 0 aromatic heterocycles. The van der Waals surface area contributed by atoms with Crippen molar-refractivity contribution in [3.05, 3.63) is 34.3 Å². The molecule has 0 amide bonds. The number of halogens is 1. The first-order chi connectivity index (χ1) is 4.83. The van der Waals surface area contributed by atoms with Crippen LogP contribution in [0, 0.1) is 6.07 Å². The summed E-state index contributed by atoms with van der Waals surface area (Å²) in [5.41, 5.74) is 1.01. The third-order valence-corrected chi connectivity index (χ3v) is 1.61. The second-order valence-corrected chi connectivity index (χ2v) is 2.77. The maximum absolute atomic E-state index is 10.1. The minimum absolute atomic E-state index is 0.479. The first kappa shape index (κ1) is 7.48. The molecule has 0 fully saturated rings. The van der Waals surface area contributed by atoms with E-state index in [0.29, 0.717) is 6.42 Å². The molecule has 1 aromatic carbocycles. The monoisotopic (exact) mass is 197 g/mol. The first-order valence-corrected chi connectivity index (χ1v) is 3.72. The molecular formula is C8H6BrO. The topological polar surface area (TPSA) is 17.1 Å². The Morgan fingerprint density at radius 1 is 1.70 bits per heavy atom. The molecule has 0 aliphatic carbocycles. The van der Waals surface area contributed by atoms with Crippen LogP contribution in [0.1, 0.15) is 5.56 Å². The van der Waals surface area contributed by atoms with E-state index in [-0.39, 0.29) is 0 Å². The van der Waals surface area contributed by atoms with Crippen molar-refractivity contribution >= 4 is 22.2 Å². The Kier molecular flexibility index (Phi) is 2.63. The number of hydrogen-bond donors (Lipinski definition) is 0. The number of carbonyl (C=O) groups excluding carboxylic acids is 1. The molecule has 2 heteroatoms. The standard InChI is InChI=1S/C8H6BrO/c9-8-3-1-2-7(6-8)4-5-10/h1-2,5-6H,4H2. The molecule has 1 nitrogen and oxygen atoms in total. The van der Waals surface area contributed by atoms with Crippen molar-refractivity contribution in [2.75, 3.05) is 0 Å². The molecule has 1 aromatic rings. The third kappa shape index (κ3) is 1.95. The van der Waals surface area contributed by atoms with E-state index >= 15 is 0 Å². The minimum atomic E-state index is 0.479. The summed E-state index contributed by atoms with van der Waals surface area (Å²) in [6.45, 7) is 0. The van der Waals surface area contributed by atoms with Crippen molar-refractivity contribution in [2.24, 2.45) is 0 Å². The van der Waals surface area contributed by atoms with E-state index in [1.807, 2.05) is 12.1 Å². The van der Waals surface area contributed by atoms with E-state index in [4.69, 9.17) is 0 Å². The predicted molar refractivity (Wildman–Crippen MR) is 42.7 cm³/mol. The largest absolute Gasteiger partial charge is 0.303 e. The molecule has 0 atom stereocenters. The van der Waals surface area contributed by atoms with Gasteiger partial charge in [0.2, 0.25) is 0 Å². The summed E-state index contributed by atoms with van der Waals surface area (Å²) in [6.07, 6.45) is 1.37. The maximum Gasteiger partial charge on any atom is 0.124 e. The van der Waals surface area contributed by atoms with Crippen LogP contribution in [-0.2, 0) is 11.2 Å². The molecule has 0 N–H and O–H groups in total. The normalized spacial score (nSPS) is 9.30. The van der Waals surface area contributed by atoms with Gasteiger partial charge < -0.3 is 4.79 Å². The summed E-state index contributed by atoms with van der Waals surface area (Å²) in [5, 5.41) is 0. The fourth-order valence-electron chi connectivity index (χ4n) is 0.704. The summed E-state index contributed by atoms with van der Waals surface area (Å²) in [4.78, 5) is 10.1. The van der Waals surface area contributed by atoms with Gasteiger partial charge in [-0.25, -0.2) is 0 Å². The van der Waals surface area contributed by atoms with Crippen molar-refractivity contribution < 1.29 is 4.79 Å². The van der Waals surface area contributed by atoms with Gasteiger partial charge in [0, 0.05) is 10.9 Å². The lowest BCUT2D eigenvalue weighted by molar-refractivity contribution is -0.107. The molecule has 0 bridgehead atoms. The van der Waals surface area contributed by atoms with Crippen LogP contribution in [0.25, 0.3) is 0 Å². The highest BCUT2D eigenvalue weighted by molar-refractivity contribution is 9.10. The lowest BCUT2D eigenvalue weighted by Gasteiger charge is -1.93. The quantitative estimate of drug-likeness (QED) is 0.664. The molecule has 0 unspecified atom stereocenters. The van der Waals surface area contributed by atoms with Gasteiger partial charge in [0.1, 0.15) is 6.29 Å². The Morgan fingerprint density at radius 3 is 3.10 bits per heavy atom. The second-order valence-electron chi connectivity index (χ2n) is 1.92. The van der Waals surface area contributed by atoms with E-state index < -0.39 is 0 Å². The van der Waals surface area contributed by atoms with Crippen LogP contribution in [0.3, 0.4) is 0 Å². The lowest BCUT2D eigenvalue weighted by atomic mass is 10.2. The zero-order valence-corrected chi connectivity index (χ0v) is 6.89. The molecule has 0 saturated heterocycles. The van der Waals surface area contributed by atoms with Crippen LogP contribution in [0.5, 0.6) is 0 Å². The summed E-state index contributed by atoms with van der Waals surface area (Å²) in [5.74, 6) is 0. The maximum atomic E-state index is 10.1. The van der Waals surface area contributed by atoms with Gasteiger partial charge in [-0.2, -0.15) is 0 Å². The highest BCUT2D eigenvalue weighted by Crippen LogP contribution is 2.10. The lowest BCUT2D eigenvalue weighted by Crippen LogP contribution is -1.83. The van der Waals surface area contributed by atoms with Crippen LogP contribution in [0.2, 0.25) is 0 Å². The molecule has 51 valence electrons. The Bertz CT molecular complexity index is 232. The Morgan fingerprint density at radius 2 is 2.50 bits per heavy atom. The van der Waals surface area contributed by atoms with Gasteiger partial charge in [-0.3, -0.25) is 0 Å². The minimum Gasteiger partial charge on any atom is -0.303 e. The van der Waals surface area contributed by atoms with E-state index in [1.165, 1.54) is 0 Å². The molecule has 0 aliphatic rings. The fraction of sp³-hybridized carbons (Fsp3) is 0.125. The number of hydrogen-bond acceptors (Lipinski definition) is 1. The fourth-order valence-corrected chi connectivity index (χ4v) is 1.13. The second kappa shape index (κ2) is 3.52. The summed E-state index contributed by atoms with van der Waals surface area (Å²) in [6, 6.07) is 8.48. The van der Waals surface area contributed by atoms with Crippen LogP contribution in [-0.4, -0.2) is 6.29 Å². The van der Waals surface area contributed by atoms with Crippen molar-refractivity contribution in [1.29, 1.82) is 0 Å². The SMILES string of the molecule is O=CCc1cc[c]c(Br)c1. The van der Waals surface area contributed by atoms with Gasteiger partial charge >= 0.3 is 0 Å². The number of aldehydes is 1. The van der Waals surface area contributed by atoms with Crippen molar-refractivity contribution in [3.8, 4) is 0 Å². The molecule has 0 aliphatic heterocycles. The summed E-state index contributed by atoms with van der Waals surface area (Å²) in [7, 11) is 0. The van der Waals surface area contributed by atoms with Crippen molar-refractivity contribution in [1.82, 2.24) is 0 Å². The van der Waals surface area contributed by atoms with Crippen LogP contribution in [0.4, 0.5) is 0 Å². The molecule has 1 radical (unpaired) electrons. The van der Waals surface area contributed by atoms with Gasteiger partial charge in [0.25, 0.3) is 0 Å². The smallest absolute Gasteiger partial charge is 0.124 e. The zero-order valence-electron chi connectivity index (χ0n) is 5.30. The van der Waals surface area contributed by atoms with E-state index in [1.54, 1.807) is 6.07 Å². The first-order valence-electron chi connectivity index (χ1n) is 2.92. The molecule has 1 rings (SSSR count). The zero-order chi connectivity index (χ0) is 7.40. The Labute approximate surface area is 68.2 Å². The van der Waals surface area contributed by atoms with Crippen LogP contribution in [0.15, 0.2) is 22.7 Å². The van der Waals surface area contributed by atoms with Gasteiger partial charge in [-0.15, -0.1) is 0 Å². The number of carbonyl (C=O) groups is 1. The van der Waals surface area contributed by atoms with E-state index in [2.05, 4.69) is 22.0 Å². The molecule has 10 heavy (non-hydrogen) atoms. The number of benzene rings is 1. The predicted octanol–water partition coefficient (Wildman–Crippen LogP) is 1.99. The van der Waals surface area contributed by atoms with Gasteiger partial charge in [-0.1, -0.05) is 28.1 Å². The average molecular weight is 198 g/mol. The van der Waals surface area contributed by atoms with Crippen molar-refractivity contribution in [2.45, 2.75) is 6.42 Å². The molecular weight excluding hydrogens is 192 g/mol. The summed E-state index contributed by atoms with van der Waals surface area (Å²) < 4.78 is 0.895. The van der Waals surface area contributed by atoms with Crippen LogP contribution >= 0.6 is 15.9 Å². The van der Waals surface area contributed by atoms with Gasteiger partial charge in [0.05, 0.1) is 0 Å².